The van der Waals surface area contributed by atoms with Gasteiger partial charge in [-0.2, -0.15) is 22.0 Å². The van der Waals surface area contributed by atoms with Gasteiger partial charge in [-0.15, -0.1) is 0 Å². The van der Waals surface area contributed by atoms with Gasteiger partial charge in [0.15, 0.2) is 0 Å². The molecule has 0 saturated heterocycles. The van der Waals surface area contributed by atoms with Crippen molar-refractivity contribution in [1.29, 1.82) is 0 Å². The van der Waals surface area contributed by atoms with Crippen LogP contribution in [-0.2, 0) is 15.5 Å². The van der Waals surface area contributed by atoms with Crippen LogP contribution in [-0.4, -0.2) is 18.0 Å². The van der Waals surface area contributed by atoms with Crippen molar-refractivity contribution in [2.45, 2.75) is 39.8 Å². The summed E-state index contributed by atoms with van der Waals surface area (Å²) >= 11 is 0. The average Bonchev–Trinajstić information content (AvgIpc) is 2.66. The van der Waals surface area contributed by atoms with E-state index in [9.17, 15) is 35.9 Å². The molecule has 2 rings (SSSR count). The Balaban J connectivity index is 2.54. The average molecular weight is 460 g/mol. The van der Waals surface area contributed by atoms with Gasteiger partial charge in [-0.05, 0) is 41.5 Å². The van der Waals surface area contributed by atoms with E-state index in [1.165, 1.54) is 18.2 Å². The highest BCUT2D eigenvalue weighted by Crippen LogP contribution is 2.45. The van der Waals surface area contributed by atoms with E-state index in [2.05, 4.69) is 10.6 Å². The van der Waals surface area contributed by atoms with E-state index in [-0.39, 0.29) is 46.2 Å². The Morgan fingerprint density at radius 2 is 1.22 bits per heavy atom. The SMILES string of the molecule is CC(C)C(=O)Nc1cc(NC(=O)C(C)C)cc(-c2ccc(C(F)(F)C(F)(F)F)c(F)c2)c1. The Labute approximate surface area is 181 Å². The fourth-order valence-corrected chi connectivity index (χ4v) is 2.61. The number of hydrogen-bond donors (Lipinski definition) is 2. The number of anilines is 2. The molecule has 2 N–H and O–H groups in total. The van der Waals surface area contributed by atoms with Gasteiger partial charge in [-0.25, -0.2) is 4.39 Å². The van der Waals surface area contributed by atoms with Crippen molar-refractivity contribution in [3.05, 3.63) is 47.8 Å². The number of rotatable bonds is 6. The first kappa shape index (κ1) is 25.2. The van der Waals surface area contributed by atoms with Crippen LogP contribution in [0.5, 0.6) is 0 Å². The molecule has 10 heteroatoms. The number of benzene rings is 2. The molecule has 0 aliphatic heterocycles. The maximum atomic E-state index is 14.3. The standard InChI is InChI=1S/C22H22F6N2O2/c1-11(2)19(31)29-15-7-14(8-16(10-15)30-20(32)12(3)4)13-5-6-17(18(23)9-13)21(24,25)22(26,27)28/h5-12H,1-4H3,(H,29,31)(H,30,32). The van der Waals surface area contributed by atoms with Gasteiger partial charge in [0.2, 0.25) is 11.8 Å². The van der Waals surface area contributed by atoms with Crippen LogP contribution in [0.1, 0.15) is 33.3 Å². The van der Waals surface area contributed by atoms with E-state index < -0.39 is 23.5 Å². The molecule has 0 heterocycles. The van der Waals surface area contributed by atoms with Crippen molar-refractivity contribution >= 4 is 23.2 Å². The molecule has 0 saturated carbocycles. The second-order valence-electron chi connectivity index (χ2n) is 7.85. The Kier molecular flexibility index (Phi) is 7.26. The number of halogens is 6. The first-order valence-electron chi connectivity index (χ1n) is 9.65. The summed E-state index contributed by atoms with van der Waals surface area (Å²) in [6.07, 6.45) is -5.95. The van der Waals surface area contributed by atoms with Crippen LogP contribution in [0, 0.1) is 17.7 Å². The summed E-state index contributed by atoms with van der Waals surface area (Å²) in [5.74, 6) is -8.57. The van der Waals surface area contributed by atoms with Crippen molar-refractivity contribution in [2.24, 2.45) is 11.8 Å². The molecule has 0 aromatic heterocycles. The van der Waals surface area contributed by atoms with Gasteiger partial charge in [0, 0.05) is 23.2 Å². The first-order chi connectivity index (χ1) is 14.6. The Bertz CT molecular complexity index is 976. The molecular weight excluding hydrogens is 438 g/mol. The highest BCUT2D eigenvalue weighted by atomic mass is 19.4. The van der Waals surface area contributed by atoms with Gasteiger partial charge in [0.25, 0.3) is 0 Å². The van der Waals surface area contributed by atoms with Crippen molar-refractivity contribution in [1.82, 2.24) is 0 Å². The number of carbonyl (C=O) groups excluding carboxylic acids is 2. The molecule has 0 aliphatic rings. The number of amides is 2. The molecule has 0 atom stereocenters. The Hall–Kier alpha value is -3.04. The van der Waals surface area contributed by atoms with Crippen molar-refractivity contribution in [3.63, 3.8) is 0 Å². The zero-order valence-corrected chi connectivity index (χ0v) is 17.7. The lowest BCUT2D eigenvalue weighted by molar-refractivity contribution is -0.290. The first-order valence-corrected chi connectivity index (χ1v) is 9.65. The van der Waals surface area contributed by atoms with Crippen LogP contribution in [0.4, 0.5) is 37.7 Å². The van der Waals surface area contributed by atoms with E-state index >= 15 is 0 Å². The predicted octanol–water partition coefficient (Wildman–Crippen LogP) is 6.34. The zero-order chi connectivity index (χ0) is 24.4. The van der Waals surface area contributed by atoms with Crippen LogP contribution >= 0.6 is 0 Å². The third-order valence-corrected chi connectivity index (χ3v) is 4.51. The summed E-state index contributed by atoms with van der Waals surface area (Å²) in [7, 11) is 0. The lowest BCUT2D eigenvalue weighted by Gasteiger charge is -2.21. The summed E-state index contributed by atoms with van der Waals surface area (Å²) in [6, 6.07) is 6.06. The summed E-state index contributed by atoms with van der Waals surface area (Å²) in [5, 5.41) is 5.22. The molecular formula is C22H22F6N2O2. The quantitative estimate of drug-likeness (QED) is 0.495. The maximum absolute atomic E-state index is 14.3. The summed E-state index contributed by atoms with van der Waals surface area (Å²) in [6.45, 7) is 6.59. The molecule has 0 fully saturated rings. The normalized spacial score (nSPS) is 12.2. The fourth-order valence-electron chi connectivity index (χ4n) is 2.61. The van der Waals surface area contributed by atoms with Crippen molar-refractivity contribution < 1.29 is 35.9 Å². The van der Waals surface area contributed by atoms with Crippen LogP contribution in [0.25, 0.3) is 11.1 Å². The van der Waals surface area contributed by atoms with Gasteiger partial charge in [-0.1, -0.05) is 33.8 Å². The largest absolute Gasteiger partial charge is 0.458 e. The molecule has 2 aromatic carbocycles. The van der Waals surface area contributed by atoms with Crippen LogP contribution < -0.4 is 10.6 Å². The highest BCUT2D eigenvalue weighted by Gasteiger charge is 2.59. The fraction of sp³-hybridized carbons (Fsp3) is 0.364. The molecule has 174 valence electrons. The van der Waals surface area contributed by atoms with E-state index in [1.807, 2.05) is 0 Å². The monoisotopic (exact) mass is 460 g/mol. The van der Waals surface area contributed by atoms with Crippen LogP contribution in [0.15, 0.2) is 36.4 Å². The van der Waals surface area contributed by atoms with Gasteiger partial charge >= 0.3 is 12.1 Å². The molecule has 0 spiro atoms. The van der Waals surface area contributed by atoms with E-state index in [4.69, 9.17) is 0 Å². The summed E-state index contributed by atoms with van der Waals surface area (Å²) in [4.78, 5) is 24.1. The van der Waals surface area contributed by atoms with Crippen LogP contribution in [0.2, 0.25) is 0 Å². The van der Waals surface area contributed by atoms with Crippen LogP contribution in [0.3, 0.4) is 0 Å². The topological polar surface area (TPSA) is 58.2 Å². The lowest BCUT2D eigenvalue weighted by Crippen LogP contribution is -2.34. The molecule has 2 aromatic rings. The maximum Gasteiger partial charge on any atom is 0.458 e. The molecule has 0 radical (unpaired) electrons. The molecule has 32 heavy (non-hydrogen) atoms. The number of hydrogen-bond acceptors (Lipinski definition) is 2. The van der Waals surface area contributed by atoms with Crippen molar-refractivity contribution in [2.75, 3.05) is 10.6 Å². The third-order valence-electron chi connectivity index (χ3n) is 4.51. The highest BCUT2D eigenvalue weighted by molar-refractivity contribution is 5.96. The minimum absolute atomic E-state index is 0.0232. The number of alkyl halides is 5. The second kappa shape index (κ2) is 9.22. The van der Waals surface area contributed by atoms with E-state index in [0.717, 1.165) is 6.07 Å². The van der Waals surface area contributed by atoms with E-state index in [0.29, 0.717) is 12.1 Å². The molecule has 0 unspecified atom stereocenters. The van der Waals surface area contributed by atoms with Gasteiger partial charge in [-0.3, -0.25) is 9.59 Å². The minimum Gasteiger partial charge on any atom is -0.326 e. The van der Waals surface area contributed by atoms with Crippen molar-refractivity contribution in [3.8, 4) is 11.1 Å². The Morgan fingerprint density at radius 1 is 0.750 bits per heavy atom. The summed E-state index contributed by atoms with van der Waals surface area (Å²) in [5.41, 5.74) is -1.18. The van der Waals surface area contributed by atoms with Gasteiger partial charge in [0.1, 0.15) is 5.82 Å². The minimum atomic E-state index is -5.95. The molecule has 4 nitrogen and oxygen atoms in total. The summed E-state index contributed by atoms with van der Waals surface area (Å²) < 4.78 is 79.2. The smallest absolute Gasteiger partial charge is 0.326 e. The molecule has 0 aliphatic carbocycles. The molecule has 0 bridgehead atoms. The lowest BCUT2D eigenvalue weighted by atomic mass is 9.99. The predicted molar refractivity (Wildman–Crippen MR) is 109 cm³/mol. The number of nitrogens with one attached hydrogen (secondary N) is 2. The molecule has 2 amide bonds. The Morgan fingerprint density at radius 3 is 1.59 bits per heavy atom. The number of carbonyl (C=O) groups is 2. The van der Waals surface area contributed by atoms with Gasteiger partial charge < -0.3 is 10.6 Å². The second-order valence-corrected chi connectivity index (χ2v) is 7.85. The van der Waals surface area contributed by atoms with Gasteiger partial charge in [0.05, 0.1) is 5.56 Å². The van der Waals surface area contributed by atoms with E-state index in [1.54, 1.807) is 27.7 Å². The zero-order valence-electron chi connectivity index (χ0n) is 17.7. The third kappa shape index (κ3) is 5.60.